The lowest BCUT2D eigenvalue weighted by Gasteiger charge is -2.23. The van der Waals surface area contributed by atoms with Gasteiger partial charge in [-0.3, -0.25) is 10.1 Å². The van der Waals surface area contributed by atoms with E-state index in [-0.39, 0.29) is 11.9 Å². The van der Waals surface area contributed by atoms with Gasteiger partial charge in [0.25, 0.3) is 0 Å². The molecular formula is C18H27N3O3. The van der Waals surface area contributed by atoms with Crippen LogP contribution in [0.4, 0.5) is 10.5 Å². The highest BCUT2D eigenvalue weighted by molar-refractivity contribution is 5.98. The number of ether oxygens (including phenoxy) is 1. The van der Waals surface area contributed by atoms with Crippen molar-refractivity contribution in [3.63, 3.8) is 0 Å². The molecule has 1 aromatic carbocycles. The van der Waals surface area contributed by atoms with Crippen molar-refractivity contribution in [2.45, 2.75) is 58.0 Å². The quantitative estimate of drug-likeness (QED) is 0.774. The van der Waals surface area contributed by atoms with Crippen LogP contribution in [0.1, 0.15) is 44.6 Å². The van der Waals surface area contributed by atoms with Crippen molar-refractivity contribution < 1.29 is 14.3 Å². The number of carbonyl (C=O) groups is 2. The molecule has 1 aromatic rings. The molecule has 0 aromatic heterocycles. The van der Waals surface area contributed by atoms with E-state index in [2.05, 4.69) is 16.0 Å². The molecule has 0 spiro atoms. The molecule has 6 nitrogen and oxygen atoms in total. The number of aryl methyl sites for hydroxylation is 1. The van der Waals surface area contributed by atoms with Gasteiger partial charge < -0.3 is 15.4 Å². The Kier molecular flexibility index (Phi) is 6.46. The summed E-state index contributed by atoms with van der Waals surface area (Å²) >= 11 is 0. The SMILES string of the molecule is COc1ccc(C)cc1N[C@@H](C)C(=O)NC(=O)NC1CCCCC1. The number of nitrogens with one attached hydrogen (secondary N) is 3. The molecule has 0 heterocycles. The summed E-state index contributed by atoms with van der Waals surface area (Å²) in [6.07, 6.45) is 5.44. The van der Waals surface area contributed by atoms with Gasteiger partial charge in [-0.1, -0.05) is 25.3 Å². The first-order valence-corrected chi connectivity index (χ1v) is 8.52. The van der Waals surface area contributed by atoms with Gasteiger partial charge >= 0.3 is 6.03 Å². The van der Waals surface area contributed by atoms with Crippen LogP contribution >= 0.6 is 0 Å². The minimum Gasteiger partial charge on any atom is -0.495 e. The van der Waals surface area contributed by atoms with E-state index in [0.717, 1.165) is 36.9 Å². The van der Waals surface area contributed by atoms with Crippen LogP contribution in [-0.4, -0.2) is 31.1 Å². The first kappa shape index (κ1) is 18.1. The van der Waals surface area contributed by atoms with Crippen molar-refractivity contribution in [2.24, 2.45) is 0 Å². The highest BCUT2D eigenvalue weighted by Crippen LogP contribution is 2.25. The molecular weight excluding hydrogens is 306 g/mol. The monoisotopic (exact) mass is 333 g/mol. The first-order chi connectivity index (χ1) is 11.5. The van der Waals surface area contributed by atoms with Crippen molar-refractivity contribution in [3.05, 3.63) is 23.8 Å². The molecule has 0 bridgehead atoms. The number of anilines is 1. The Morgan fingerprint density at radius 2 is 1.92 bits per heavy atom. The summed E-state index contributed by atoms with van der Waals surface area (Å²) in [7, 11) is 1.58. The lowest BCUT2D eigenvalue weighted by Crippen LogP contribution is -2.49. The Morgan fingerprint density at radius 1 is 1.21 bits per heavy atom. The van der Waals surface area contributed by atoms with Crippen molar-refractivity contribution in [1.29, 1.82) is 0 Å². The van der Waals surface area contributed by atoms with Crippen LogP contribution < -0.4 is 20.7 Å². The molecule has 0 saturated heterocycles. The summed E-state index contributed by atoms with van der Waals surface area (Å²) in [4.78, 5) is 24.2. The predicted molar refractivity (Wildman–Crippen MR) is 94.4 cm³/mol. The van der Waals surface area contributed by atoms with Gasteiger partial charge in [0.05, 0.1) is 12.8 Å². The zero-order chi connectivity index (χ0) is 17.5. The Labute approximate surface area is 143 Å². The number of benzene rings is 1. The Bertz CT molecular complexity index is 583. The topological polar surface area (TPSA) is 79.5 Å². The average molecular weight is 333 g/mol. The second-order valence-corrected chi connectivity index (χ2v) is 6.37. The zero-order valence-electron chi connectivity index (χ0n) is 14.6. The lowest BCUT2D eigenvalue weighted by atomic mass is 9.96. The number of hydrogen-bond donors (Lipinski definition) is 3. The van der Waals surface area contributed by atoms with Gasteiger partial charge in [0.1, 0.15) is 11.8 Å². The number of hydrogen-bond acceptors (Lipinski definition) is 4. The van der Waals surface area contributed by atoms with E-state index in [1.807, 2.05) is 25.1 Å². The van der Waals surface area contributed by atoms with Gasteiger partial charge in [0.15, 0.2) is 0 Å². The maximum atomic E-state index is 12.2. The van der Waals surface area contributed by atoms with Crippen LogP contribution in [-0.2, 0) is 4.79 Å². The van der Waals surface area contributed by atoms with E-state index < -0.39 is 12.1 Å². The molecule has 3 N–H and O–H groups in total. The van der Waals surface area contributed by atoms with E-state index in [4.69, 9.17) is 4.74 Å². The number of amides is 3. The van der Waals surface area contributed by atoms with Gasteiger partial charge in [0, 0.05) is 6.04 Å². The number of urea groups is 1. The second-order valence-electron chi connectivity index (χ2n) is 6.37. The van der Waals surface area contributed by atoms with E-state index >= 15 is 0 Å². The third-order valence-electron chi connectivity index (χ3n) is 4.30. The van der Waals surface area contributed by atoms with Crippen LogP contribution in [0, 0.1) is 6.92 Å². The third kappa shape index (κ3) is 5.15. The predicted octanol–water partition coefficient (Wildman–Crippen LogP) is 2.96. The fourth-order valence-electron chi connectivity index (χ4n) is 2.92. The summed E-state index contributed by atoms with van der Waals surface area (Å²) < 4.78 is 5.29. The van der Waals surface area contributed by atoms with Crippen LogP contribution in [0.25, 0.3) is 0 Å². The number of rotatable bonds is 5. The van der Waals surface area contributed by atoms with Crippen molar-refractivity contribution in [3.8, 4) is 5.75 Å². The van der Waals surface area contributed by atoms with E-state index in [9.17, 15) is 9.59 Å². The molecule has 6 heteroatoms. The molecule has 1 aliphatic carbocycles. The van der Waals surface area contributed by atoms with Crippen LogP contribution in [0.15, 0.2) is 18.2 Å². The Hall–Kier alpha value is -2.24. The molecule has 0 aliphatic heterocycles. The third-order valence-corrected chi connectivity index (χ3v) is 4.30. The summed E-state index contributed by atoms with van der Waals surface area (Å²) in [5, 5.41) is 8.38. The number of carbonyl (C=O) groups excluding carboxylic acids is 2. The minimum atomic E-state index is -0.558. The summed E-state index contributed by atoms with van der Waals surface area (Å²) in [6, 6.07) is 4.89. The Morgan fingerprint density at radius 3 is 2.58 bits per heavy atom. The smallest absolute Gasteiger partial charge is 0.321 e. The molecule has 0 unspecified atom stereocenters. The highest BCUT2D eigenvalue weighted by atomic mass is 16.5. The maximum Gasteiger partial charge on any atom is 0.321 e. The van der Waals surface area contributed by atoms with E-state index in [1.165, 1.54) is 6.42 Å². The standard InChI is InChI=1S/C18H27N3O3/c1-12-9-10-16(24-3)15(11-12)19-13(2)17(22)21-18(23)20-14-7-5-4-6-8-14/h9-11,13-14,19H,4-8H2,1-3H3,(H2,20,21,22,23)/t13-/m0/s1. The second kappa shape index (κ2) is 8.57. The van der Waals surface area contributed by atoms with Gasteiger partial charge in [-0.25, -0.2) is 4.79 Å². The molecule has 1 fully saturated rings. The van der Waals surface area contributed by atoms with Gasteiger partial charge in [-0.05, 0) is 44.4 Å². The van der Waals surface area contributed by atoms with Crippen LogP contribution in [0.2, 0.25) is 0 Å². The average Bonchev–Trinajstić information content (AvgIpc) is 2.55. The largest absolute Gasteiger partial charge is 0.495 e. The van der Waals surface area contributed by atoms with E-state index in [1.54, 1.807) is 14.0 Å². The molecule has 24 heavy (non-hydrogen) atoms. The fourth-order valence-corrected chi connectivity index (χ4v) is 2.92. The zero-order valence-corrected chi connectivity index (χ0v) is 14.6. The molecule has 0 radical (unpaired) electrons. The molecule has 1 saturated carbocycles. The number of methoxy groups -OCH3 is 1. The van der Waals surface area contributed by atoms with Crippen molar-refractivity contribution >= 4 is 17.6 Å². The van der Waals surface area contributed by atoms with Crippen LogP contribution in [0.3, 0.4) is 0 Å². The Balaban J connectivity index is 1.87. The summed E-state index contributed by atoms with van der Waals surface area (Å²) in [5.41, 5.74) is 1.79. The molecule has 1 aliphatic rings. The minimum absolute atomic E-state index is 0.173. The normalized spacial score (nSPS) is 16.1. The van der Waals surface area contributed by atoms with E-state index in [0.29, 0.717) is 5.75 Å². The highest BCUT2D eigenvalue weighted by Gasteiger charge is 2.20. The van der Waals surface area contributed by atoms with Gasteiger partial charge in [-0.15, -0.1) is 0 Å². The van der Waals surface area contributed by atoms with Crippen molar-refractivity contribution in [2.75, 3.05) is 12.4 Å². The fraction of sp³-hybridized carbons (Fsp3) is 0.556. The molecule has 2 rings (SSSR count). The summed E-state index contributed by atoms with van der Waals surface area (Å²) in [5.74, 6) is 0.291. The van der Waals surface area contributed by atoms with Crippen LogP contribution in [0.5, 0.6) is 5.75 Å². The summed E-state index contributed by atoms with van der Waals surface area (Å²) in [6.45, 7) is 3.68. The lowest BCUT2D eigenvalue weighted by molar-refractivity contribution is -0.120. The van der Waals surface area contributed by atoms with Gasteiger partial charge in [0.2, 0.25) is 5.91 Å². The van der Waals surface area contributed by atoms with Crippen molar-refractivity contribution in [1.82, 2.24) is 10.6 Å². The molecule has 132 valence electrons. The molecule has 1 atom stereocenters. The number of imide groups is 1. The first-order valence-electron chi connectivity index (χ1n) is 8.52. The maximum absolute atomic E-state index is 12.2. The van der Waals surface area contributed by atoms with Gasteiger partial charge in [-0.2, -0.15) is 0 Å². The molecule has 3 amide bonds.